The Kier molecular flexibility index (Phi) is 6.95. The van der Waals surface area contributed by atoms with Crippen molar-refractivity contribution in [3.05, 3.63) is 70.8 Å². The number of carbonyl (C=O) groups is 1. The number of methoxy groups -OCH3 is 1. The number of ether oxygens (including phenoxy) is 1. The summed E-state index contributed by atoms with van der Waals surface area (Å²) in [5, 5.41) is 6.42. The number of hydrogen-bond donors (Lipinski definition) is 2. The second-order valence-electron chi connectivity index (χ2n) is 8.39. The minimum Gasteiger partial charge on any atom is -0.383 e. The van der Waals surface area contributed by atoms with E-state index >= 15 is 0 Å². The fourth-order valence-electron chi connectivity index (χ4n) is 4.75. The molecule has 2 aromatic rings. The summed E-state index contributed by atoms with van der Waals surface area (Å²) < 4.78 is 31.8. The van der Waals surface area contributed by atoms with Gasteiger partial charge in [-0.15, -0.1) is 0 Å². The Balaban J connectivity index is 1.43. The van der Waals surface area contributed by atoms with E-state index in [2.05, 4.69) is 39.8 Å². The molecule has 1 heterocycles. The molecule has 2 aromatic carbocycles. The molecule has 0 saturated carbocycles. The number of hydrogen-bond acceptors (Lipinski definition) is 4. The maximum atomic E-state index is 13.5. The summed E-state index contributed by atoms with van der Waals surface area (Å²) in [6.07, 6.45) is 2.55. The van der Waals surface area contributed by atoms with Crippen LogP contribution in [0.3, 0.4) is 0 Å². The van der Waals surface area contributed by atoms with Crippen LogP contribution >= 0.6 is 0 Å². The van der Waals surface area contributed by atoms with Crippen LogP contribution in [0.1, 0.15) is 23.1 Å². The Morgan fingerprint density at radius 3 is 2.55 bits per heavy atom. The van der Waals surface area contributed by atoms with Crippen molar-refractivity contribution in [2.24, 2.45) is 0 Å². The van der Waals surface area contributed by atoms with E-state index in [0.29, 0.717) is 31.7 Å². The van der Waals surface area contributed by atoms with Gasteiger partial charge in [0.25, 0.3) is 0 Å². The van der Waals surface area contributed by atoms with Gasteiger partial charge in [-0.1, -0.05) is 30.3 Å². The van der Waals surface area contributed by atoms with Crippen LogP contribution in [0.15, 0.2) is 42.5 Å². The highest BCUT2D eigenvalue weighted by atomic mass is 19.2. The number of fused-ring (bicyclic) bond motifs is 1. The molecular formula is C24H29F2N3O2. The van der Waals surface area contributed by atoms with E-state index in [4.69, 9.17) is 4.74 Å². The second kappa shape index (κ2) is 9.85. The zero-order valence-corrected chi connectivity index (χ0v) is 17.7. The number of likely N-dealkylation sites (tertiary alicyclic amines) is 1. The highest BCUT2D eigenvalue weighted by Gasteiger charge is 2.41. The van der Waals surface area contributed by atoms with Crippen LogP contribution in [0.25, 0.3) is 0 Å². The molecule has 1 aliphatic heterocycles. The highest BCUT2D eigenvalue weighted by Crippen LogP contribution is 2.31. The van der Waals surface area contributed by atoms with Gasteiger partial charge in [-0.25, -0.2) is 8.78 Å². The van der Waals surface area contributed by atoms with Crippen LogP contribution in [0.5, 0.6) is 0 Å². The molecule has 4 rings (SSSR count). The Labute approximate surface area is 181 Å². The Hall–Kier alpha value is -2.35. The summed E-state index contributed by atoms with van der Waals surface area (Å²) in [6.45, 7) is 2.13. The molecule has 31 heavy (non-hydrogen) atoms. The van der Waals surface area contributed by atoms with E-state index in [1.807, 2.05) is 0 Å². The van der Waals surface area contributed by atoms with Gasteiger partial charge < -0.3 is 15.4 Å². The first kappa shape index (κ1) is 21.9. The molecule has 0 spiro atoms. The first-order valence-electron chi connectivity index (χ1n) is 10.8. The van der Waals surface area contributed by atoms with Gasteiger partial charge in [0, 0.05) is 38.8 Å². The topological polar surface area (TPSA) is 53.6 Å². The molecule has 5 nitrogen and oxygen atoms in total. The SMILES string of the molecule is COCCNC(=O)[C@@H]1C[C@H](NCc2ccc(F)c(F)c2)CN1C1Cc2ccccc2C1. The summed E-state index contributed by atoms with van der Waals surface area (Å²) in [7, 11) is 1.61. The third-order valence-corrected chi connectivity index (χ3v) is 6.32. The Bertz CT molecular complexity index is 898. The molecule has 0 aromatic heterocycles. The highest BCUT2D eigenvalue weighted by molar-refractivity contribution is 5.82. The maximum Gasteiger partial charge on any atom is 0.237 e. The summed E-state index contributed by atoms with van der Waals surface area (Å²) in [6, 6.07) is 12.6. The predicted molar refractivity (Wildman–Crippen MR) is 115 cm³/mol. The maximum absolute atomic E-state index is 13.5. The lowest BCUT2D eigenvalue weighted by molar-refractivity contribution is -0.126. The summed E-state index contributed by atoms with van der Waals surface area (Å²) >= 11 is 0. The molecule has 0 unspecified atom stereocenters. The standard InChI is InChI=1S/C24H29F2N3O2/c1-31-9-8-27-24(30)23-13-19(28-14-16-6-7-21(25)22(26)10-16)15-29(23)20-11-17-4-2-3-5-18(17)12-20/h2-7,10,19-20,23,28H,8-9,11-15H2,1H3,(H,27,30)/t19-,23-/m0/s1. The van der Waals surface area contributed by atoms with Gasteiger partial charge in [0.15, 0.2) is 11.6 Å². The normalized spacial score (nSPS) is 21.4. The van der Waals surface area contributed by atoms with E-state index in [1.165, 1.54) is 17.2 Å². The monoisotopic (exact) mass is 429 g/mol. The van der Waals surface area contributed by atoms with E-state index in [9.17, 15) is 13.6 Å². The lowest BCUT2D eigenvalue weighted by Gasteiger charge is -2.29. The van der Waals surface area contributed by atoms with Gasteiger partial charge in [-0.2, -0.15) is 0 Å². The summed E-state index contributed by atoms with van der Waals surface area (Å²) in [5.74, 6) is -1.67. The summed E-state index contributed by atoms with van der Waals surface area (Å²) in [4.78, 5) is 15.2. The first-order valence-corrected chi connectivity index (χ1v) is 10.8. The molecule has 2 N–H and O–H groups in total. The van der Waals surface area contributed by atoms with Crippen molar-refractivity contribution in [3.63, 3.8) is 0 Å². The average Bonchev–Trinajstić information content (AvgIpc) is 3.38. The molecular weight excluding hydrogens is 400 g/mol. The van der Waals surface area contributed by atoms with Crippen molar-refractivity contribution in [2.75, 3.05) is 26.8 Å². The molecule has 166 valence electrons. The smallest absolute Gasteiger partial charge is 0.237 e. The lowest BCUT2D eigenvalue weighted by Crippen LogP contribution is -2.48. The van der Waals surface area contributed by atoms with Gasteiger partial charge in [0.05, 0.1) is 12.6 Å². The molecule has 0 radical (unpaired) electrons. The van der Waals surface area contributed by atoms with Gasteiger partial charge >= 0.3 is 0 Å². The minimum atomic E-state index is -0.843. The third-order valence-electron chi connectivity index (χ3n) is 6.32. The third kappa shape index (κ3) is 5.11. The molecule has 7 heteroatoms. The molecule has 2 aliphatic rings. The van der Waals surface area contributed by atoms with Crippen molar-refractivity contribution < 1.29 is 18.3 Å². The zero-order chi connectivity index (χ0) is 21.8. The lowest BCUT2D eigenvalue weighted by atomic mass is 10.1. The van der Waals surface area contributed by atoms with Crippen LogP contribution in [0.4, 0.5) is 8.78 Å². The van der Waals surface area contributed by atoms with E-state index in [0.717, 1.165) is 25.5 Å². The number of benzene rings is 2. The van der Waals surface area contributed by atoms with Gasteiger partial charge in [-0.05, 0) is 48.1 Å². The van der Waals surface area contributed by atoms with E-state index in [1.54, 1.807) is 13.2 Å². The van der Waals surface area contributed by atoms with Crippen LogP contribution in [0.2, 0.25) is 0 Å². The number of amides is 1. The largest absolute Gasteiger partial charge is 0.383 e. The van der Waals surface area contributed by atoms with Crippen LogP contribution in [0, 0.1) is 11.6 Å². The zero-order valence-electron chi connectivity index (χ0n) is 17.7. The number of rotatable bonds is 8. The second-order valence-corrected chi connectivity index (χ2v) is 8.39. The molecule has 1 fully saturated rings. The predicted octanol–water partition coefficient (Wildman–Crippen LogP) is 2.43. The van der Waals surface area contributed by atoms with Gasteiger partial charge in [0.2, 0.25) is 5.91 Å². The molecule has 1 saturated heterocycles. The molecule has 0 bridgehead atoms. The minimum absolute atomic E-state index is 0.0186. The van der Waals surface area contributed by atoms with Crippen molar-refractivity contribution in [1.82, 2.24) is 15.5 Å². The number of carbonyl (C=O) groups excluding carboxylic acids is 1. The Morgan fingerprint density at radius 1 is 1.13 bits per heavy atom. The van der Waals surface area contributed by atoms with Crippen LogP contribution < -0.4 is 10.6 Å². The van der Waals surface area contributed by atoms with Crippen molar-refractivity contribution >= 4 is 5.91 Å². The summed E-state index contributed by atoms with van der Waals surface area (Å²) in [5.41, 5.74) is 3.39. The fraction of sp³-hybridized carbons (Fsp3) is 0.458. The fourth-order valence-corrected chi connectivity index (χ4v) is 4.75. The van der Waals surface area contributed by atoms with Gasteiger partial charge in [0.1, 0.15) is 0 Å². The van der Waals surface area contributed by atoms with Crippen LogP contribution in [-0.4, -0.2) is 55.7 Å². The molecule has 1 aliphatic carbocycles. The van der Waals surface area contributed by atoms with Crippen LogP contribution in [-0.2, 0) is 28.9 Å². The van der Waals surface area contributed by atoms with Crippen molar-refractivity contribution in [3.8, 4) is 0 Å². The first-order chi connectivity index (χ1) is 15.0. The number of nitrogens with one attached hydrogen (secondary N) is 2. The van der Waals surface area contributed by atoms with Gasteiger partial charge in [-0.3, -0.25) is 9.69 Å². The number of halogens is 2. The van der Waals surface area contributed by atoms with Crippen molar-refractivity contribution in [1.29, 1.82) is 0 Å². The number of nitrogens with zero attached hydrogens (tertiary/aromatic N) is 1. The molecule has 2 atom stereocenters. The van der Waals surface area contributed by atoms with E-state index < -0.39 is 11.6 Å². The average molecular weight is 430 g/mol. The molecule has 1 amide bonds. The van der Waals surface area contributed by atoms with Crippen molar-refractivity contribution in [2.45, 2.75) is 43.9 Å². The quantitative estimate of drug-likeness (QED) is 0.633. The Morgan fingerprint density at radius 2 is 1.87 bits per heavy atom. The van der Waals surface area contributed by atoms with E-state index in [-0.39, 0.29) is 24.0 Å².